The van der Waals surface area contributed by atoms with Crippen molar-refractivity contribution >= 4 is 0 Å². The quantitative estimate of drug-likeness (QED) is 0.752. The Morgan fingerprint density at radius 3 is 2.70 bits per heavy atom. The molecule has 3 heterocycles. The Morgan fingerprint density at radius 1 is 1.00 bits per heavy atom. The highest BCUT2D eigenvalue weighted by atomic mass is 16.5. The van der Waals surface area contributed by atoms with Crippen molar-refractivity contribution in [3.8, 4) is 0 Å². The van der Waals surface area contributed by atoms with E-state index >= 15 is 0 Å². The minimum Gasteiger partial charge on any atom is -0.379 e. The van der Waals surface area contributed by atoms with E-state index in [1.54, 1.807) is 0 Å². The molecule has 2 aliphatic heterocycles. The van der Waals surface area contributed by atoms with Gasteiger partial charge in [-0.05, 0) is 37.9 Å². The first-order valence-corrected chi connectivity index (χ1v) is 10.5. The van der Waals surface area contributed by atoms with Gasteiger partial charge in [-0.1, -0.05) is 36.8 Å². The molecule has 2 saturated heterocycles. The van der Waals surface area contributed by atoms with Crippen LogP contribution >= 0.6 is 0 Å². The maximum atomic E-state index is 5.48. The molecule has 0 N–H and O–H groups in total. The SMILES string of the molecule is c1ccc(Cn2ccnc2CN2CCCCC2CCN2CCOCC2)cc1. The van der Waals surface area contributed by atoms with Crippen LogP contribution in [0.5, 0.6) is 0 Å². The summed E-state index contributed by atoms with van der Waals surface area (Å²) in [6.45, 7) is 8.24. The summed E-state index contributed by atoms with van der Waals surface area (Å²) in [6.07, 6.45) is 9.33. The number of aromatic nitrogens is 2. The first kappa shape index (κ1) is 18.7. The van der Waals surface area contributed by atoms with Crippen LogP contribution in [-0.4, -0.2) is 64.8 Å². The predicted molar refractivity (Wildman–Crippen MR) is 108 cm³/mol. The normalized spacial score (nSPS) is 22.1. The average molecular weight is 369 g/mol. The number of likely N-dealkylation sites (tertiary alicyclic amines) is 1. The Labute approximate surface area is 162 Å². The van der Waals surface area contributed by atoms with E-state index in [2.05, 4.69) is 55.9 Å². The van der Waals surface area contributed by atoms with Crippen LogP contribution in [0.3, 0.4) is 0 Å². The monoisotopic (exact) mass is 368 g/mol. The van der Waals surface area contributed by atoms with E-state index in [1.165, 1.54) is 50.2 Å². The Balaban J connectivity index is 1.36. The number of imidazole rings is 1. The molecule has 2 fully saturated rings. The van der Waals surface area contributed by atoms with Crippen LogP contribution in [0.4, 0.5) is 0 Å². The Morgan fingerprint density at radius 2 is 1.85 bits per heavy atom. The summed E-state index contributed by atoms with van der Waals surface area (Å²) < 4.78 is 7.79. The van der Waals surface area contributed by atoms with Gasteiger partial charge < -0.3 is 9.30 Å². The maximum Gasteiger partial charge on any atom is 0.123 e. The molecule has 5 nitrogen and oxygen atoms in total. The van der Waals surface area contributed by atoms with Crippen LogP contribution in [0, 0.1) is 0 Å². The summed E-state index contributed by atoms with van der Waals surface area (Å²) in [7, 11) is 0. The van der Waals surface area contributed by atoms with E-state index in [-0.39, 0.29) is 0 Å². The van der Waals surface area contributed by atoms with Crippen molar-refractivity contribution in [3.63, 3.8) is 0 Å². The molecule has 0 bridgehead atoms. The molecular weight excluding hydrogens is 336 g/mol. The summed E-state index contributed by atoms with van der Waals surface area (Å²) >= 11 is 0. The molecule has 2 aliphatic rings. The fraction of sp³-hybridized carbons (Fsp3) is 0.591. The molecule has 5 heteroatoms. The summed E-state index contributed by atoms with van der Waals surface area (Å²) in [5.41, 5.74) is 1.33. The summed E-state index contributed by atoms with van der Waals surface area (Å²) in [6, 6.07) is 11.4. The van der Waals surface area contributed by atoms with Gasteiger partial charge in [-0.15, -0.1) is 0 Å². The minimum absolute atomic E-state index is 0.684. The highest BCUT2D eigenvalue weighted by Crippen LogP contribution is 2.22. The first-order valence-electron chi connectivity index (χ1n) is 10.5. The molecule has 0 radical (unpaired) electrons. The zero-order valence-corrected chi connectivity index (χ0v) is 16.3. The van der Waals surface area contributed by atoms with E-state index in [9.17, 15) is 0 Å². The van der Waals surface area contributed by atoms with E-state index in [0.717, 1.165) is 39.4 Å². The fourth-order valence-electron chi connectivity index (χ4n) is 4.35. The van der Waals surface area contributed by atoms with E-state index in [4.69, 9.17) is 4.74 Å². The number of morpholine rings is 1. The molecule has 0 aliphatic carbocycles. The first-order chi connectivity index (χ1) is 13.4. The van der Waals surface area contributed by atoms with Gasteiger partial charge in [0.25, 0.3) is 0 Å². The van der Waals surface area contributed by atoms with Gasteiger partial charge in [0.1, 0.15) is 5.82 Å². The third-order valence-electron chi connectivity index (χ3n) is 5.97. The lowest BCUT2D eigenvalue weighted by molar-refractivity contribution is 0.0299. The molecule has 0 saturated carbocycles. The van der Waals surface area contributed by atoms with Crippen LogP contribution in [0.2, 0.25) is 0 Å². The molecule has 146 valence electrons. The van der Waals surface area contributed by atoms with Gasteiger partial charge in [-0.3, -0.25) is 9.80 Å². The number of benzene rings is 1. The van der Waals surface area contributed by atoms with Crippen LogP contribution in [0.15, 0.2) is 42.7 Å². The highest BCUT2D eigenvalue weighted by molar-refractivity contribution is 5.15. The number of piperidine rings is 1. The van der Waals surface area contributed by atoms with E-state index in [1.807, 2.05) is 6.20 Å². The Hall–Kier alpha value is -1.69. The lowest BCUT2D eigenvalue weighted by Gasteiger charge is -2.37. The molecule has 1 unspecified atom stereocenters. The number of hydrogen-bond donors (Lipinski definition) is 0. The zero-order valence-electron chi connectivity index (χ0n) is 16.3. The van der Waals surface area contributed by atoms with Crippen molar-refractivity contribution in [1.82, 2.24) is 19.4 Å². The van der Waals surface area contributed by atoms with Gasteiger partial charge in [0.05, 0.1) is 19.8 Å². The number of hydrogen-bond acceptors (Lipinski definition) is 4. The Bertz CT molecular complexity index is 681. The van der Waals surface area contributed by atoms with Crippen LogP contribution in [0.25, 0.3) is 0 Å². The lowest BCUT2D eigenvalue weighted by atomic mass is 9.99. The number of nitrogens with zero attached hydrogens (tertiary/aromatic N) is 4. The van der Waals surface area contributed by atoms with Gasteiger partial charge in [0, 0.05) is 38.1 Å². The van der Waals surface area contributed by atoms with Crippen molar-refractivity contribution in [2.24, 2.45) is 0 Å². The largest absolute Gasteiger partial charge is 0.379 e. The topological polar surface area (TPSA) is 33.5 Å². The van der Waals surface area contributed by atoms with Gasteiger partial charge in [0.2, 0.25) is 0 Å². The van der Waals surface area contributed by atoms with Gasteiger partial charge >= 0.3 is 0 Å². The molecule has 2 aromatic rings. The molecule has 0 amide bonds. The summed E-state index contributed by atoms with van der Waals surface area (Å²) in [5, 5.41) is 0. The maximum absolute atomic E-state index is 5.48. The van der Waals surface area contributed by atoms with Crippen LogP contribution in [-0.2, 0) is 17.8 Å². The highest BCUT2D eigenvalue weighted by Gasteiger charge is 2.24. The zero-order chi connectivity index (χ0) is 18.3. The third kappa shape index (κ3) is 5.18. The van der Waals surface area contributed by atoms with Crippen molar-refractivity contribution in [2.75, 3.05) is 39.4 Å². The molecule has 27 heavy (non-hydrogen) atoms. The smallest absolute Gasteiger partial charge is 0.123 e. The summed E-state index contributed by atoms with van der Waals surface area (Å²) in [5.74, 6) is 1.19. The number of ether oxygens (including phenoxy) is 1. The van der Waals surface area contributed by atoms with E-state index < -0.39 is 0 Å². The Kier molecular flexibility index (Phi) is 6.56. The molecule has 0 spiro atoms. The van der Waals surface area contributed by atoms with Gasteiger partial charge in [-0.25, -0.2) is 4.98 Å². The lowest BCUT2D eigenvalue weighted by Crippen LogP contribution is -2.43. The summed E-state index contributed by atoms with van der Waals surface area (Å²) in [4.78, 5) is 9.92. The second-order valence-corrected chi connectivity index (χ2v) is 7.82. The molecule has 4 rings (SSSR count). The van der Waals surface area contributed by atoms with Crippen molar-refractivity contribution in [1.29, 1.82) is 0 Å². The third-order valence-corrected chi connectivity index (χ3v) is 5.97. The minimum atomic E-state index is 0.684. The van der Waals surface area contributed by atoms with Crippen molar-refractivity contribution < 1.29 is 4.74 Å². The molecule has 1 atom stereocenters. The number of rotatable bonds is 7. The van der Waals surface area contributed by atoms with Crippen molar-refractivity contribution in [3.05, 3.63) is 54.1 Å². The van der Waals surface area contributed by atoms with Crippen LogP contribution in [0.1, 0.15) is 37.1 Å². The second-order valence-electron chi connectivity index (χ2n) is 7.82. The predicted octanol–water partition coefficient (Wildman–Crippen LogP) is 3.01. The van der Waals surface area contributed by atoms with Gasteiger partial charge in [-0.2, -0.15) is 0 Å². The molecule has 1 aromatic carbocycles. The van der Waals surface area contributed by atoms with Gasteiger partial charge in [0.15, 0.2) is 0 Å². The average Bonchev–Trinajstić information content (AvgIpc) is 3.15. The van der Waals surface area contributed by atoms with Crippen LogP contribution < -0.4 is 0 Å². The molecular formula is C22H32N4O. The standard InChI is InChI=1S/C22H32N4O/c1-2-6-20(7-3-1)18-26-13-10-23-22(26)19-25-11-5-4-8-21(25)9-12-24-14-16-27-17-15-24/h1-3,6-7,10,13,21H,4-5,8-9,11-12,14-19H2. The second kappa shape index (κ2) is 9.49. The van der Waals surface area contributed by atoms with E-state index in [0.29, 0.717) is 6.04 Å². The fourth-order valence-corrected chi connectivity index (χ4v) is 4.35. The van der Waals surface area contributed by atoms with Crippen molar-refractivity contribution in [2.45, 2.75) is 44.8 Å². The molecule has 1 aromatic heterocycles.